The highest BCUT2D eigenvalue weighted by Gasteiger charge is 2.00. The molecule has 0 aliphatic heterocycles. The number of aromatic nitrogens is 1. The van der Waals surface area contributed by atoms with Crippen molar-refractivity contribution in [1.29, 1.82) is 0 Å². The molecule has 0 aliphatic carbocycles. The van der Waals surface area contributed by atoms with E-state index in [2.05, 4.69) is 67.6 Å². The lowest BCUT2D eigenvalue weighted by molar-refractivity contribution is 0.802. The second-order valence-corrected chi connectivity index (χ2v) is 4.78. The molecule has 18 heavy (non-hydrogen) atoms. The fourth-order valence-electron chi connectivity index (χ4n) is 2.21. The third-order valence-corrected chi connectivity index (χ3v) is 3.34. The van der Waals surface area contributed by atoms with Gasteiger partial charge in [0, 0.05) is 17.6 Å². The standard InChI is InChI=1S/C16H20N2/c1-12-6-5-7-13(2)16(12)17-10-11-18-14(3)8-9-15(18)4/h5-10H,11H2,1-4H3. The van der Waals surface area contributed by atoms with E-state index in [1.807, 2.05) is 6.21 Å². The maximum atomic E-state index is 4.62. The molecule has 2 heteroatoms. The lowest BCUT2D eigenvalue weighted by Gasteiger charge is -2.06. The summed E-state index contributed by atoms with van der Waals surface area (Å²) in [6.45, 7) is 9.29. The van der Waals surface area contributed by atoms with Crippen LogP contribution in [0.2, 0.25) is 0 Å². The summed E-state index contributed by atoms with van der Waals surface area (Å²) in [5, 5.41) is 0. The topological polar surface area (TPSA) is 17.3 Å². The Hall–Kier alpha value is -1.83. The summed E-state index contributed by atoms with van der Waals surface area (Å²) >= 11 is 0. The van der Waals surface area contributed by atoms with Crippen molar-refractivity contribution in [2.75, 3.05) is 0 Å². The highest BCUT2D eigenvalue weighted by atomic mass is 15.0. The average molecular weight is 240 g/mol. The number of aryl methyl sites for hydroxylation is 4. The number of benzene rings is 1. The van der Waals surface area contributed by atoms with Gasteiger partial charge in [0.15, 0.2) is 0 Å². The van der Waals surface area contributed by atoms with Crippen LogP contribution in [0, 0.1) is 27.7 Å². The molecule has 1 heterocycles. The summed E-state index contributed by atoms with van der Waals surface area (Å²) in [4.78, 5) is 4.62. The molecule has 2 nitrogen and oxygen atoms in total. The molecule has 2 aromatic rings. The van der Waals surface area contributed by atoms with E-state index in [1.165, 1.54) is 22.5 Å². The Bertz CT molecular complexity index is 537. The zero-order chi connectivity index (χ0) is 13.1. The average Bonchev–Trinajstić information content (AvgIpc) is 2.64. The summed E-state index contributed by atoms with van der Waals surface area (Å²) in [7, 11) is 0. The first-order valence-electron chi connectivity index (χ1n) is 6.31. The van der Waals surface area contributed by atoms with Gasteiger partial charge in [0.05, 0.1) is 12.2 Å². The van der Waals surface area contributed by atoms with Crippen LogP contribution in [0.15, 0.2) is 35.3 Å². The monoisotopic (exact) mass is 240 g/mol. The molecule has 0 fully saturated rings. The fourth-order valence-corrected chi connectivity index (χ4v) is 2.21. The summed E-state index contributed by atoms with van der Waals surface area (Å²) in [6, 6.07) is 10.6. The van der Waals surface area contributed by atoms with Crippen molar-refractivity contribution in [1.82, 2.24) is 4.57 Å². The van der Waals surface area contributed by atoms with Crippen LogP contribution >= 0.6 is 0 Å². The Morgan fingerprint density at radius 1 is 0.944 bits per heavy atom. The van der Waals surface area contributed by atoms with E-state index in [-0.39, 0.29) is 0 Å². The van der Waals surface area contributed by atoms with Gasteiger partial charge in [-0.05, 0) is 51.0 Å². The van der Waals surface area contributed by atoms with E-state index >= 15 is 0 Å². The van der Waals surface area contributed by atoms with Crippen molar-refractivity contribution < 1.29 is 0 Å². The van der Waals surface area contributed by atoms with E-state index in [4.69, 9.17) is 0 Å². The Balaban J connectivity index is 2.18. The van der Waals surface area contributed by atoms with Crippen LogP contribution in [0.1, 0.15) is 22.5 Å². The number of aliphatic imine (C=N–C) groups is 1. The van der Waals surface area contributed by atoms with Crippen LogP contribution in [0.4, 0.5) is 5.69 Å². The maximum absolute atomic E-state index is 4.62. The number of nitrogens with zero attached hydrogens (tertiary/aromatic N) is 2. The zero-order valence-corrected chi connectivity index (χ0v) is 11.6. The first-order valence-corrected chi connectivity index (χ1v) is 6.31. The van der Waals surface area contributed by atoms with Gasteiger partial charge in [-0.2, -0.15) is 0 Å². The highest BCUT2D eigenvalue weighted by molar-refractivity contribution is 5.66. The minimum Gasteiger partial charge on any atom is -0.344 e. The molecule has 1 aromatic heterocycles. The van der Waals surface area contributed by atoms with Gasteiger partial charge in [0.1, 0.15) is 0 Å². The van der Waals surface area contributed by atoms with Gasteiger partial charge in [-0.25, -0.2) is 0 Å². The number of para-hydroxylation sites is 1. The van der Waals surface area contributed by atoms with E-state index in [0.717, 1.165) is 12.2 Å². The van der Waals surface area contributed by atoms with Gasteiger partial charge in [0.2, 0.25) is 0 Å². The Labute approximate surface area is 109 Å². The molecule has 0 radical (unpaired) electrons. The minimum atomic E-state index is 0.832. The van der Waals surface area contributed by atoms with Crippen molar-refractivity contribution in [2.45, 2.75) is 34.2 Å². The van der Waals surface area contributed by atoms with E-state index < -0.39 is 0 Å². The van der Waals surface area contributed by atoms with Crippen molar-refractivity contribution >= 4 is 11.9 Å². The van der Waals surface area contributed by atoms with Gasteiger partial charge >= 0.3 is 0 Å². The van der Waals surface area contributed by atoms with Crippen LogP contribution in [0.5, 0.6) is 0 Å². The van der Waals surface area contributed by atoms with Crippen molar-refractivity contribution in [2.24, 2.45) is 4.99 Å². The Kier molecular flexibility index (Phi) is 3.66. The molecule has 0 unspecified atom stereocenters. The largest absolute Gasteiger partial charge is 0.344 e. The number of hydrogen-bond donors (Lipinski definition) is 0. The van der Waals surface area contributed by atoms with Crippen molar-refractivity contribution in [3.8, 4) is 0 Å². The van der Waals surface area contributed by atoms with E-state index in [9.17, 15) is 0 Å². The molecule has 0 atom stereocenters. The fraction of sp³-hybridized carbons (Fsp3) is 0.312. The van der Waals surface area contributed by atoms with Gasteiger partial charge < -0.3 is 4.57 Å². The molecule has 0 saturated carbocycles. The molecule has 0 N–H and O–H groups in total. The second kappa shape index (κ2) is 5.21. The Morgan fingerprint density at radius 3 is 2.06 bits per heavy atom. The third-order valence-electron chi connectivity index (χ3n) is 3.34. The molecule has 2 rings (SSSR count). The van der Waals surface area contributed by atoms with Crippen LogP contribution in [-0.4, -0.2) is 10.8 Å². The minimum absolute atomic E-state index is 0.832. The van der Waals surface area contributed by atoms with Gasteiger partial charge in [-0.1, -0.05) is 18.2 Å². The van der Waals surface area contributed by atoms with Gasteiger partial charge in [-0.3, -0.25) is 4.99 Å². The molecule has 1 aromatic carbocycles. The predicted molar refractivity (Wildman–Crippen MR) is 78.0 cm³/mol. The maximum Gasteiger partial charge on any atom is 0.0684 e. The molecule has 94 valence electrons. The number of rotatable bonds is 3. The van der Waals surface area contributed by atoms with Gasteiger partial charge in [-0.15, -0.1) is 0 Å². The van der Waals surface area contributed by atoms with E-state index in [0.29, 0.717) is 0 Å². The lowest BCUT2D eigenvalue weighted by Crippen LogP contribution is -2.02. The summed E-state index contributed by atoms with van der Waals surface area (Å²) in [6.07, 6.45) is 2.00. The molecule has 0 saturated heterocycles. The smallest absolute Gasteiger partial charge is 0.0684 e. The normalized spacial score (nSPS) is 11.3. The summed E-state index contributed by atoms with van der Waals surface area (Å²) < 4.78 is 2.26. The van der Waals surface area contributed by atoms with Crippen LogP contribution in [0.3, 0.4) is 0 Å². The molecular weight excluding hydrogens is 220 g/mol. The number of hydrogen-bond acceptors (Lipinski definition) is 1. The van der Waals surface area contributed by atoms with Crippen molar-refractivity contribution in [3.05, 3.63) is 52.8 Å². The highest BCUT2D eigenvalue weighted by Crippen LogP contribution is 2.22. The third kappa shape index (κ3) is 2.53. The zero-order valence-electron chi connectivity index (χ0n) is 11.6. The van der Waals surface area contributed by atoms with E-state index in [1.54, 1.807) is 0 Å². The lowest BCUT2D eigenvalue weighted by atomic mass is 10.1. The van der Waals surface area contributed by atoms with Crippen LogP contribution in [-0.2, 0) is 6.54 Å². The first kappa shape index (κ1) is 12.6. The van der Waals surface area contributed by atoms with Crippen molar-refractivity contribution in [3.63, 3.8) is 0 Å². The van der Waals surface area contributed by atoms with Gasteiger partial charge in [0.25, 0.3) is 0 Å². The summed E-state index contributed by atoms with van der Waals surface area (Å²) in [5.74, 6) is 0. The predicted octanol–water partition coefficient (Wildman–Crippen LogP) is 4.12. The van der Waals surface area contributed by atoms with Crippen LogP contribution < -0.4 is 0 Å². The molecule has 0 bridgehead atoms. The Morgan fingerprint density at radius 2 is 1.50 bits per heavy atom. The quantitative estimate of drug-likeness (QED) is 0.718. The molecule has 0 spiro atoms. The van der Waals surface area contributed by atoms with Crippen LogP contribution in [0.25, 0.3) is 0 Å². The molecule has 0 aliphatic rings. The second-order valence-electron chi connectivity index (χ2n) is 4.78. The summed E-state index contributed by atoms with van der Waals surface area (Å²) in [5.41, 5.74) is 6.11. The molecular formula is C16H20N2. The molecule has 0 amide bonds. The first-order chi connectivity index (χ1) is 8.59. The SMILES string of the molecule is Cc1cccc(C)c1N=CCn1c(C)ccc1C.